The molecule has 0 amide bonds. The van der Waals surface area contributed by atoms with Crippen LogP contribution in [0.1, 0.15) is 43.9 Å². The third kappa shape index (κ3) is 3.27. The molecule has 1 aromatic heterocycles. The Kier molecular flexibility index (Phi) is 4.13. The Morgan fingerprint density at radius 3 is 2.88 bits per heavy atom. The zero-order valence-corrected chi connectivity index (χ0v) is 10.6. The number of nitrogens with zero attached hydrogens (tertiary/aromatic N) is 1. The first-order valence-electron chi connectivity index (χ1n) is 6.59. The average molecular weight is 234 g/mol. The maximum atomic E-state index is 10.2. The van der Waals surface area contributed by atoms with E-state index in [-0.39, 0.29) is 0 Å². The van der Waals surface area contributed by atoms with Crippen molar-refractivity contribution >= 4 is 0 Å². The number of aryl methyl sites for hydroxylation is 1. The van der Waals surface area contributed by atoms with Crippen molar-refractivity contribution in [1.82, 2.24) is 10.3 Å². The van der Waals surface area contributed by atoms with Gasteiger partial charge in [-0.3, -0.25) is 4.98 Å². The Hall–Kier alpha value is -0.930. The van der Waals surface area contributed by atoms with Crippen molar-refractivity contribution in [3.63, 3.8) is 0 Å². The van der Waals surface area contributed by atoms with Crippen LogP contribution >= 0.6 is 0 Å². The number of nitrogens with one attached hydrogen (secondary N) is 1. The summed E-state index contributed by atoms with van der Waals surface area (Å²) in [6.45, 7) is 3.59. The Bertz CT molecular complexity index is 359. The lowest BCUT2D eigenvalue weighted by Crippen LogP contribution is -2.37. The van der Waals surface area contributed by atoms with Gasteiger partial charge in [0.1, 0.15) is 0 Å². The van der Waals surface area contributed by atoms with Gasteiger partial charge >= 0.3 is 0 Å². The highest BCUT2D eigenvalue weighted by atomic mass is 16.3. The highest BCUT2D eigenvalue weighted by Crippen LogP contribution is 2.28. The second kappa shape index (κ2) is 5.61. The lowest BCUT2D eigenvalue weighted by atomic mass is 10.0. The SMILES string of the molecule is CCc1cccnc1CNCC1(O)CCCC1. The molecular weight excluding hydrogens is 212 g/mol. The highest BCUT2D eigenvalue weighted by Gasteiger charge is 2.30. The van der Waals surface area contributed by atoms with E-state index in [4.69, 9.17) is 0 Å². The fraction of sp³-hybridized carbons (Fsp3) is 0.643. The molecule has 0 saturated heterocycles. The third-order valence-electron chi connectivity index (χ3n) is 3.65. The molecule has 3 nitrogen and oxygen atoms in total. The van der Waals surface area contributed by atoms with Gasteiger partial charge in [0.15, 0.2) is 0 Å². The van der Waals surface area contributed by atoms with Crippen molar-refractivity contribution in [3.05, 3.63) is 29.6 Å². The molecule has 1 aromatic rings. The van der Waals surface area contributed by atoms with Gasteiger partial charge in [-0.15, -0.1) is 0 Å². The summed E-state index contributed by atoms with van der Waals surface area (Å²) < 4.78 is 0. The molecule has 0 aromatic carbocycles. The molecule has 0 atom stereocenters. The summed E-state index contributed by atoms with van der Waals surface area (Å²) in [7, 11) is 0. The molecule has 2 rings (SSSR count). The number of pyridine rings is 1. The second-order valence-electron chi connectivity index (χ2n) is 5.00. The molecule has 0 bridgehead atoms. The third-order valence-corrected chi connectivity index (χ3v) is 3.65. The molecule has 0 radical (unpaired) electrons. The molecule has 1 saturated carbocycles. The average Bonchev–Trinajstić information content (AvgIpc) is 2.77. The van der Waals surface area contributed by atoms with E-state index >= 15 is 0 Å². The van der Waals surface area contributed by atoms with Crippen LogP contribution in [0.2, 0.25) is 0 Å². The van der Waals surface area contributed by atoms with Crippen molar-refractivity contribution in [3.8, 4) is 0 Å². The molecule has 1 fully saturated rings. The summed E-state index contributed by atoms with van der Waals surface area (Å²) in [5, 5.41) is 13.6. The number of hydrogen-bond donors (Lipinski definition) is 2. The Morgan fingerprint density at radius 2 is 2.18 bits per heavy atom. The van der Waals surface area contributed by atoms with Crippen LogP contribution in [-0.2, 0) is 13.0 Å². The van der Waals surface area contributed by atoms with Gasteiger partial charge in [0.05, 0.1) is 11.3 Å². The first-order chi connectivity index (χ1) is 8.23. The zero-order valence-electron chi connectivity index (χ0n) is 10.6. The van der Waals surface area contributed by atoms with Crippen LogP contribution < -0.4 is 5.32 Å². The molecule has 2 N–H and O–H groups in total. The minimum absolute atomic E-state index is 0.471. The first-order valence-corrected chi connectivity index (χ1v) is 6.59. The van der Waals surface area contributed by atoms with E-state index < -0.39 is 5.60 Å². The first kappa shape index (κ1) is 12.5. The van der Waals surface area contributed by atoms with Crippen molar-refractivity contribution < 1.29 is 5.11 Å². The fourth-order valence-corrected chi connectivity index (χ4v) is 2.58. The monoisotopic (exact) mass is 234 g/mol. The van der Waals surface area contributed by atoms with E-state index in [1.807, 2.05) is 12.3 Å². The predicted octanol–water partition coefficient (Wildman–Crippen LogP) is 2.04. The molecule has 0 spiro atoms. The van der Waals surface area contributed by atoms with Crippen LogP contribution in [0.3, 0.4) is 0 Å². The lowest BCUT2D eigenvalue weighted by molar-refractivity contribution is 0.0474. The highest BCUT2D eigenvalue weighted by molar-refractivity contribution is 5.19. The predicted molar refractivity (Wildman–Crippen MR) is 68.7 cm³/mol. The maximum Gasteiger partial charge on any atom is 0.0771 e. The molecular formula is C14H22N2O. The molecule has 1 aliphatic rings. The van der Waals surface area contributed by atoms with Gasteiger partial charge in [-0.25, -0.2) is 0 Å². The van der Waals surface area contributed by atoms with Gasteiger partial charge in [-0.05, 0) is 30.9 Å². The minimum Gasteiger partial charge on any atom is -0.389 e. The van der Waals surface area contributed by atoms with E-state index in [0.29, 0.717) is 6.54 Å². The summed E-state index contributed by atoms with van der Waals surface area (Å²) in [6.07, 6.45) is 7.02. The van der Waals surface area contributed by atoms with Gasteiger partial charge in [0.25, 0.3) is 0 Å². The van der Waals surface area contributed by atoms with Crippen molar-refractivity contribution in [2.75, 3.05) is 6.54 Å². The van der Waals surface area contributed by atoms with Crippen molar-refractivity contribution in [2.24, 2.45) is 0 Å². The summed E-state index contributed by atoms with van der Waals surface area (Å²) >= 11 is 0. The number of aliphatic hydroxyl groups is 1. The van der Waals surface area contributed by atoms with Crippen LogP contribution in [0.4, 0.5) is 0 Å². The Labute approximate surface area is 103 Å². The summed E-state index contributed by atoms with van der Waals surface area (Å²) in [5.41, 5.74) is 1.93. The number of aromatic nitrogens is 1. The van der Waals surface area contributed by atoms with Crippen LogP contribution in [0.15, 0.2) is 18.3 Å². The summed E-state index contributed by atoms with van der Waals surface area (Å²) in [5.74, 6) is 0. The normalized spacial score (nSPS) is 18.5. The van der Waals surface area contributed by atoms with E-state index in [1.165, 1.54) is 5.56 Å². The van der Waals surface area contributed by atoms with E-state index in [2.05, 4.69) is 23.3 Å². The zero-order chi connectivity index (χ0) is 12.1. The molecule has 1 aliphatic carbocycles. The Balaban J connectivity index is 1.85. The topological polar surface area (TPSA) is 45.2 Å². The molecule has 3 heteroatoms. The molecule has 0 aliphatic heterocycles. The van der Waals surface area contributed by atoms with Crippen molar-refractivity contribution in [1.29, 1.82) is 0 Å². The van der Waals surface area contributed by atoms with Crippen LogP contribution in [0, 0.1) is 0 Å². The molecule has 17 heavy (non-hydrogen) atoms. The largest absolute Gasteiger partial charge is 0.389 e. The van der Waals surface area contributed by atoms with E-state index in [1.54, 1.807) is 0 Å². The summed E-state index contributed by atoms with van der Waals surface area (Å²) in [6, 6.07) is 4.10. The number of hydrogen-bond acceptors (Lipinski definition) is 3. The lowest BCUT2D eigenvalue weighted by Gasteiger charge is -2.22. The van der Waals surface area contributed by atoms with Crippen LogP contribution in [-0.4, -0.2) is 22.2 Å². The van der Waals surface area contributed by atoms with Gasteiger partial charge in [0, 0.05) is 19.3 Å². The molecule has 94 valence electrons. The van der Waals surface area contributed by atoms with Gasteiger partial charge < -0.3 is 10.4 Å². The number of rotatable bonds is 5. The quantitative estimate of drug-likeness (QED) is 0.819. The van der Waals surface area contributed by atoms with Crippen LogP contribution in [0.25, 0.3) is 0 Å². The summed E-state index contributed by atoms with van der Waals surface area (Å²) in [4.78, 5) is 4.39. The Morgan fingerprint density at radius 1 is 1.41 bits per heavy atom. The van der Waals surface area contributed by atoms with Gasteiger partial charge in [0.2, 0.25) is 0 Å². The smallest absolute Gasteiger partial charge is 0.0771 e. The van der Waals surface area contributed by atoms with E-state index in [9.17, 15) is 5.11 Å². The van der Waals surface area contributed by atoms with Crippen LogP contribution in [0.5, 0.6) is 0 Å². The fourth-order valence-electron chi connectivity index (χ4n) is 2.58. The maximum absolute atomic E-state index is 10.2. The van der Waals surface area contributed by atoms with Crippen molar-refractivity contribution in [2.45, 2.75) is 51.2 Å². The standard InChI is InChI=1S/C14H22N2O/c1-2-12-6-5-9-16-13(12)10-15-11-14(17)7-3-4-8-14/h5-6,9,15,17H,2-4,7-8,10-11H2,1H3. The minimum atomic E-state index is -0.471. The molecule has 1 heterocycles. The van der Waals surface area contributed by atoms with Gasteiger partial charge in [-0.2, -0.15) is 0 Å². The van der Waals surface area contributed by atoms with E-state index in [0.717, 1.165) is 44.3 Å². The second-order valence-corrected chi connectivity index (χ2v) is 5.00. The molecule has 0 unspecified atom stereocenters. The van der Waals surface area contributed by atoms with Gasteiger partial charge in [-0.1, -0.05) is 25.8 Å².